The summed E-state index contributed by atoms with van der Waals surface area (Å²) in [5.74, 6) is 1.24. The van der Waals surface area contributed by atoms with Crippen LogP contribution in [0.5, 0.6) is 5.75 Å². The van der Waals surface area contributed by atoms with E-state index in [0.717, 1.165) is 44.3 Å². The highest BCUT2D eigenvalue weighted by atomic mass is 16.6. The Balaban J connectivity index is 1.36. The molecule has 0 radical (unpaired) electrons. The molecule has 1 saturated carbocycles. The fourth-order valence-corrected chi connectivity index (χ4v) is 5.78. The first-order valence-corrected chi connectivity index (χ1v) is 12.3. The van der Waals surface area contributed by atoms with Crippen LogP contribution in [0.15, 0.2) is 24.3 Å². The van der Waals surface area contributed by atoms with Crippen LogP contribution in [0.3, 0.4) is 0 Å². The highest BCUT2D eigenvalue weighted by molar-refractivity contribution is 5.79. The molecule has 3 fully saturated rings. The maximum Gasteiger partial charge on any atom is 0.410 e. The Kier molecular flexibility index (Phi) is 6.74. The Labute approximate surface area is 194 Å². The lowest BCUT2D eigenvalue weighted by molar-refractivity contribution is -0.144. The maximum absolute atomic E-state index is 13.1. The van der Waals surface area contributed by atoms with Gasteiger partial charge in [0.2, 0.25) is 5.91 Å². The van der Waals surface area contributed by atoms with Crippen molar-refractivity contribution in [3.8, 4) is 5.75 Å². The van der Waals surface area contributed by atoms with Crippen LogP contribution in [-0.4, -0.2) is 74.2 Å². The third-order valence-electron chi connectivity index (χ3n) is 7.53. The summed E-state index contributed by atoms with van der Waals surface area (Å²) >= 11 is 0. The summed E-state index contributed by atoms with van der Waals surface area (Å²) in [6.07, 6.45) is 6.01. The highest BCUT2D eigenvalue weighted by Gasteiger charge is 2.50. The van der Waals surface area contributed by atoms with Gasteiger partial charge in [-0.1, -0.05) is 12.1 Å². The van der Waals surface area contributed by atoms with E-state index in [9.17, 15) is 9.59 Å². The van der Waals surface area contributed by atoms with Gasteiger partial charge in [0.05, 0.1) is 44.1 Å². The van der Waals surface area contributed by atoms with Gasteiger partial charge in [0, 0.05) is 13.0 Å². The number of benzene rings is 1. The molecule has 8 heteroatoms. The van der Waals surface area contributed by atoms with Gasteiger partial charge in [-0.25, -0.2) is 4.79 Å². The van der Waals surface area contributed by atoms with Crippen molar-refractivity contribution in [1.29, 1.82) is 0 Å². The number of amides is 2. The number of hydrogen-bond donors (Lipinski definition) is 1. The van der Waals surface area contributed by atoms with Crippen molar-refractivity contribution < 1.29 is 28.5 Å². The molecule has 8 nitrogen and oxygen atoms in total. The highest BCUT2D eigenvalue weighted by Crippen LogP contribution is 2.37. The standard InChI is InChI=1S/C25H34N2O6/c28-23-16-30-17-25(26-23)10-2-11-27-22(25)15-33-20-8-6-18(7-9-20)19-4-1-5-21(14-19)31-12-3-13-32-24(27)29/h1,4-5,14,18,20,22H,2-3,6-13,15-17H2,(H,26,28)/t18-,20+,22?,25?. The SMILES string of the molecule is O=C1COCC2(CCCN3C(=O)OCCCOc4cccc(c4)[C@H]4CC[C@H](CC4)OCC32)N1. The number of ether oxygens (including phenoxy) is 4. The van der Waals surface area contributed by atoms with Gasteiger partial charge in [-0.15, -0.1) is 0 Å². The second-order valence-electron chi connectivity index (χ2n) is 9.71. The van der Waals surface area contributed by atoms with Crippen molar-refractivity contribution in [2.45, 2.75) is 68.5 Å². The molecule has 1 spiro atoms. The van der Waals surface area contributed by atoms with E-state index in [4.69, 9.17) is 18.9 Å². The molecule has 4 heterocycles. The predicted octanol–water partition coefficient (Wildman–Crippen LogP) is 3.00. The third kappa shape index (κ3) is 4.96. The van der Waals surface area contributed by atoms with Crippen molar-refractivity contribution in [1.82, 2.24) is 10.2 Å². The van der Waals surface area contributed by atoms with Gasteiger partial charge in [-0.3, -0.25) is 4.79 Å². The summed E-state index contributed by atoms with van der Waals surface area (Å²) in [5, 5.41) is 3.15. The Morgan fingerprint density at radius 3 is 2.73 bits per heavy atom. The molecular weight excluding hydrogens is 424 g/mol. The van der Waals surface area contributed by atoms with Crippen molar-refractivity contribution in [3.63, 3.8) is 0 Å². The molecule has 180 valence electrons. The fourth-order valence-electron chi connectivity index (χ4n) is 5.78. The number of hydrogen-bond acceptors (Lipinski definition) is 6. The minimum absolute atomic E-state index is 0.0600. The van der Waals surface area contributed by atoms with Crippen LogP contribution in [0.4, 0.5) is 4.79 Å². The number of carbonyl (C=O) groups is 2. The van der Waals surface area contributed by atoms with Gasteiger partial charge < -0.3 is 29.2 Å². The van der Waals surface area contributed by atoms with E-state index >= 15 is 0 Å². The number of carbonyl (C=O) groups excluding carboxylic acids is 2. The molecule has 6 rings (SSSR count). The molecule has 33 heavy (non-hydrogen) atoms. The fraction of sp³-hybridized carbons (Fsp3) is 0.680. The maximum atomic E-state index is 13.1. The second kappa shape index (κ2) is 9.89. The van der Waals surface area contributed by atoms with Crippen LogP contribution in [-0.2, 0) is 19.0 Å². The topological polar surface area (TPSA) is 86.3 Å². The van der Waals surface area contributed by atoms with Crippen LogP contribution < -0.4 is 10.1 Å². The zero-order valence-corrected chi connectivity index (χ0v) is 19.1. The van der Waals surface area contributed by atoms with Gasteiger partial charge in [-0.05, 0) is 62.1 Å². The lowest BCUT2D eigenvalue weighted by Gasteiger charge is -2.51. The summed E-state index contributed by atoms with van der Waals surface area (Å²) < 4.78 is 23.6. The summed E-state index contributed by atoms with van der Waals surface area (Å²) in [7, 11) is 0. The molecule has 2 unspecified atom stereocenters. The lowest BCUT2D eigenvalue weighted by atomic mass is 9.80. The number of morpholine rings is 1. The quantitative estimate of drug-likeness (QED) is 0.643. The minimum atomic E-state index is -0.630. The van der Waals surface area contributed by atoms with Gasteiger partial charge in [0.25, 0.3) is 0 Å². The number of piperidine rings is 1. The Morgan fingerprint density at radius 2 is 1.88 bits per heavy atom. The molecule has 5 aliphatic rings. The molecular formula is C25H34N2O6. The molecule has 2 amide bonds. The Bertz CT molecular complexity index is 851. The van der Waals surface area contributed by atoms with E-state index in [2.05, 4.69) is 23.5 Å². The number of fused-ring (bicyclic) bond motifs is 8. The molecule has 2 atom stereocenters. The van der Waals surface area contributed by atoms with E-state index in [1.54, 1.807) is 4.90 Å². The zero-order valence-electron chi connectivity index (χ0n) is 19.1. The molecule has 1 N–H and O–H groups in total. The first-order valence-electron chi connectivity index (χ1n) is 12.3. The van der Waals surface area contributed by atoms with E-state index in [0.29, 0.717) is 38.7 Å². The van der Waals surface area contributed by atoms with E-state index in [1.807, 2.05) is 6.07 Å². The third-order valence-corrected chi connectivity index (χ3v) is 7.53. The zero-order chi connectivity index (χ0) is 22.7. The molecule has 2 saturated heterocycles. The van der Waals surface area contributed by atoms with E-state index in [1.165, 1.54) is 5.56 Å². The summed E-state index contributed by atoms with van der Waals surface area (Å²) in [6.45, 7) is 2.16. The van der Waals surface area contributed by atoms with E-state index < -0.39 is 5.54 Å². The summed E-state index contributed by atoms with van der Waals surface area (Å²) in [6, 6.07) is 8.05. The molecule has 4 bridgehead atoms. The average molecular weight is 459 g/mol. The smallest absolute Gasteiger partial charge is 0.410 e. The number of rotatable bonds is 0. The first-order chi connectivity index (χ1) is 16.1. The van der Waals surface area contributed by atoms with Gasteiger partial charge in [0.1, 0.15) is 12.4 Å². The monoisotopic (exact) mass is 458 g/mol. The van der Waals surface area contributed by atoms with Crippen LogP contribution in [0.25, 0.3) is 0 Å². The minimum Gasteiger partial charge on any atom is -0.493 e. The van der Waals surface area contributed by atoms with Crippen LogP contribution in [0, 0.1) is 0 Å². The summed E-state index contributed by atoms with van der Waals surface area (Å²) in [4.78, 5) is 27.0. The second-order valence-corrected chi connectivity index (χ2v) is 9.71. The van der Waals surface area contributed by atoms with Crippen molar-refractivity contribution in [3.05, 3.63) is 29.8 Å². The van der Waals surface area contributed by atoms with Crippen LogP contribution in [0.2, 0.25) is 0 Å². The summed E-state index contributed by atoms with van der Waals surface area (Å²) in [5.41, 5.74) is 0.691. The van der Waals surface area contributed by atoms with Crippen molar-refractivity contribution in [2.75, 3.05) is 39.6 Å². The van der Waals surface area contributed by atoms with Gasteiger partial charge in [-0.2, -0.15) is 0 Å². The lowest BCUT2D eigenvalue weighted by Crippen LogP contribution is -2.72. The molecule has 1 aromatic carbocycles. The molecule has 0 aromatic heterocycles. The number of nitrogens with zero attached hydrogens (tertiary/aromatic N) is 1. The van der Waals surface area contributed by atoms with Gasteiger partial charge >= 0.3 is 6.09 Å². The molecule has 1 aromatic rings. The van der Waals surface area contributed by atoms with Crippen molar-refractivity contribution in [2.24, 2.45) is 0 Å². The Morgan fingerprint density at radius 1 is 1.03 bits per heavy atom. The average Bonchev–Trinajstić information content (AvgIpc) is 2.83. The molecule has 1 aliphatic carbocycles. The number of nitrogens with one attached hydrogen (secondary N) is 1. The normalized spacial score (nSPS) is 33.5. The van der Waals surface area contributed by atoms with Crippen LogP contribution in [0.1, 0.15) is 56.4 Å². The molecule has 4 aliphatic heterocycles. The van der Waals surface area contributed by atoms with Crippen LogP contribution >= 0.6 is 0 Å². The largest absolute Gasteiger partial charge is 0.493 e. The van der Waals surface area contributed by atoms with Gasteiger partial charge in [0.15, 0.2) is 0 Å². The van der Waals surface area contributed by atoms with E-state index in [-0.39, 0.29) is 37.4 Å². The van der Waals surface area contributed by atoms with Crippen molar-refractivity contribution >= 4 is 12.0 Å². The Hall–Kier alpha value is -2.32. The first kappa shape index (κ1) is 22.5. The predicted molar refractivity (Wildman–Crippen MR) is 120 cm³/mol.